The van der Waals surface area contributed by atoms with Gasteiger partial charge in [-0.25, -0.2) is 0 Å². The molecule has 0 spiro atoms. The molecule has 1 aliphatic rings. The molecule has 0 N–H and O–H groups in total. The van der Waals surface area contributed by atoms with Gasteiger partial charge in [-0.3, -0.25) is 4.79 Å². The molecule has 0 aliphatic heterocycles. The minimum Gasteiger partial charge on any atom is -0.466 e. The van der Waals surface area contributed by atoms with E-state index in [0.717, 1.165) is 19.5 Å². The number of rotatable bonds is 7. The number of esters is 1. The number of hydrogen-bond donors (Lipinski definition) is 0. The van der Waals surface area contributed by atoms with Gasteiger partial charge in [-0.05, 0) is 39.0 Å². The summed E-state index contributed by atoms with van der Waals surface area (Å²) in [6.07, 6.45) is 1.01. The van der Waals surface area contributed by atoms with Crippen LogP contribution in [0, 0.1) is 17.8 Å². The molecule has 0 radical (unpaired) electrons. The van der Waals surface area contributed by atoms with Gasteiger partial charge in [0.2, 0.25) is 0 Å². The lowest BCUT2D eigenvalue weighted by Crippen LogP contribution is -2.36. The smallest absolute Gasteiger partial charge is 0.309 e. The maximum atomic E-state index is 11.5. The van der Waals surface area contributed by atoms with Crippen molar-refractivity contribution in [1.82, 2.24) is 4.90 Å². The van der Waals surface area contributed by atoms with Crippen LogP contribution in [-0.2, 0) is 9.53 Å². The maximum Gasteiger partial charge on any atom is 0.309 e. The molecule has 1 aliphatic carbocycles. The highest BCUT2D eigenvalue weighted by molar-refractivity contribution is 5.75. The van der Waals surface area contributed by atoms with Crippen LogP contribution in [0.5, 0.6) is 0 Å². The van der Waals surface area contributed by atoms with Crippen molar-refractivity contribution in [1.29, 1.82) is 0 Å². The second kappa shape index (κ2) is 6.39. The molecule has 0 heterocycles. The Bertz CT molecular complexity index is 251. The van der Waals surface area contributed by atoms with Crippen LogP contribution in [0.1, 0.15) is 41.0 Å². The fourth-order valence-corrected chi connectivity index (χ4v) is 2.25. The monoisotopic (exact) mass is 241 g/mol. The minimum atomic E-state index is 0.00533. The average molecular weight is 241 g/mol. The topological polar surface area (TPSA) is 29.5 Å². The number of ether oxygens (including phenoxy) is 1. The largest absolute Gasteiger partial charge is 0.466 e. The molecule has 1 rings (SSSR count). The first-order chi connectivity index (χ1) is 7.95. The van der Waals surface area contributed by atoms with E-state index in [0.29, 0.717) is 24.5 Å². The van der Waals surface area contributed by atoms with Crippen LogP contribution in [0.25, 0.3) is 0 Å². The summed E-state index contributed by atoms with van der Waals surface area (Å²) in [6, 6.07) is 0.556. The average Bonchev–Trinajstić information content (AvgIpc) is 2.95. The van der Waals surface area contributed by atoms with Crippen molar-refractivity contribution in [2.24, 2.45) is 17.8 Å². The zero-order chi connectivity index (χ0) is 13.0. The van der Waals surface area contributed by atoms with Crippen LogP contribution in [0.2, 0.25) is 0 Å². The summed E-state index contributed by atoms with van der Waals surface area (Å²) in [4.78, 5) is 14.0. The molecule has 0 saturated heterocycles. The normalized spacial score (nSPS) is 23.5. The van der Waals surface area contributed by atoms with Crippen molar-refractivity contribution in [2.75, 3.05) is 19.7 Å². The summed E-state index contributed by atoms with van der Waals surface area (Å²) in [5.74, 6) is 1.38. The predicted octanol–water partition coefficient (Wildman–Crippen LogP) is 2.55. The fourth-order valence-electron chi connectivity index (χ4n) is 2.25. The van der Waals surface area contributed by atoms with Gasteiger partial charge in [0.1, 0.15) is 0 Å². The zero-order valence-electron chi connectivity index (χ0n) is 11.9. The van der Waals surface area contributed by atoms with E-state index in [1.54, 1.807) is 0 Å². The Morgan fingerprint density at radius 3 is 2.47 bits per heavy atom. The SMILES string of the molecule is CCOC(=O)C1CC1CN(CC(C)C)C(C)C. The van der Waals surface area contributed by atoms with E-state index in [-0.39, 0.29) is 11.9 Å². The van der Waals surface area contributed by atoms with E-state index in [4.69, 9.17) is 4.74 Å². The quantitative estimate of drug-likeness (QED) is 0.642. The van der Waals surface area contributed by atoms with E-state index in [1.165, 1.54) is 0 Å². The van der Waals surface area contributed by atoms with Gasteiger partial charge in [0.05, 0.1) is 12.5 Å². The van der Waals surface area contributed by atoms with Crippen molar-refractivity contribution in [3.8, 4) is 0 Å². The maximum absolute atomic E-state index is 11.5. The lowest BCUT2D eigenvalue weighted by atomic mass is 10.1. The summed E-state index contributed by atoms with van der Waals surface area (Å²) in [5, 5.41) is 0. The predicted molar refractivity (Wildman–Crippen MR) is 69.8 cm³/mol. The first-order valence-corrected chi connectivity index (χ1v) is 6.86. The second-order valence-electron chi connectivity index (χ2n) is 5.80. The Kier molecular flexibility index (Phi) is 5.44. The van der Waals surface area contributed by atoms with Gasteiger partial charge in [-0.15, -0.1) is 0 Å². The molecule has 1 saturated carbocycles. The molecular formula is C14H27NO2. The molecule has 0 amide bonds. The molecule has 100 valence electrons. The highest BCUT2D eigenvalue weighted by Gasteiger charge is 2.44. The van der Waals surface area contributed by atoms with Gasteiger partial charge >= 0.3 is 5.97 Å². The Morgan fingerprint density at radius 2 is 2.00 bits per heavy atom. The van der Waals surface area contributed by atoms with E-state index >= 15 is 0 Å². The van der Waals surface area contributed by atoms with Gasteiger partial charge in [0.25, 0.3) is 0 Å². The Balaban J connectivity index is 2.36. The zero-order valence-corrected chi connectivity index (χ0v) is 11.9. The lowest BCUT2D eigenvalue weighted by molar-refractivity contribution is -0.145. The molecule has 1 fully saturated rings. The van der Waals surface area contributed by atoms with E-state index in [2.05, 4.69) is 32.6 Å². The van der Waals surface area contributed by atoms with Gasteiger partial charge in [-0.1, -0.05) is 13.8 Å². The Morgan fingerprint density at radius 1 is 1.35 bits per heavy atom. The van der Waals surface area contributed by atoms with Gasteiger partial charge < -0.3 is 9.64 Å². The Labute approximate surface area is 106 Å². The van der Waals surface area contributed by atoms with Crippen molar-refractivity contribution >= 4 is 5.97 Å². The van der Waals surface area contributed by atoms with Crippen molar-refractivity contribution in [3.63, 3.8) is 0 Å². The number of carbonyl (C=O) groups is 1. The third-order valence-electron chi connectivity index (χ3n) is 3.31. The number of hydrogen-bond acceptors (Lipinski definition) is 3. The van der Waals surface area contributed by atoms with Crippen LogP contribution in [0.3, 0.4) is 0 Å². The van der Waals surface area contributed by atoms with Crippen LogP contribution in [0.4, 0.5) is 0 Å². The summed E-state index contributed by atoms with van der Waals surface area (Å²) < 4.78 is 5.06. The van der Waals surface area contributed by atoms with Gasteiger partial charge in [0.15, 0.2) is 0 Å². The molecule has 3 nitrogen and oxygen atoms in total. The number of carbonyl (C=O) groups excluding carboxylic acids is 1. The summed E-state index contributed by atoms with van der Waals surface area (Å²) in [6.45, 7) is 13.5. The molecule has 0 aromatic heterocycles. The van der Waals surface area contributed by atoms with Crippen molar-refractivity contribution < 1.29 is 9.53 Å². The molecule has 2 atom stereocenters. The molecule has 17 heavy (non-hydrogen) atoms. The molecule has 3 heteroatoms. The highest BCUT2D eigenvalue weighted by atomic mass is 16.5. The molecule has 0 aromatic carbocycles. The third-order valence-corrected chi connectivity index (χ3v) is 3.31. The van der Waals surface area contributed by atoms with Crippen molar-refractivity contribution in [3.05, 3.63) is 0 Å². The number of nitrogens with zero attached hydrogens (tertiary/aromatic N) is 1. The summed E-state index contributed by atoms with van der Waals surface area (Å²) >= 11 is 0. The standard InChI is InChI=1S/C14H27NO2/c1-6-17-14(16)13-7-12(13)9-15(11(4)5)8-10(2)3/h10-13H,6-9H2,1-5H3. The first-order valence-electron chi connectivity index (χ1n) is 6.86. The van der Waals surface area contributed by atoms with E-state index in [1.807, 2.05) is 6.92 Å². The molecule has 0 bridgehead atoms. The lowest BCUT2D eigenvalue weighted by Gasteiger charge is -2.28. The molecule has 0 aromatic rings. The van der Waals surface area contributed by atoms with Gasteiger partial charge in [0, 0.05) is 19.1 Å². The highest BCUT2D eigenvalue weighted by Crippen LogP contribution is 2.40. The van der Waals surface area contributed by atoms with Gasteiger partial charge in [-0.2, -0.15) is 0 Å². The van der Waals surface area contributed by atoms with E-state index in [9.17, 15) is 4.79 Å². The third kappa shape index (κ3) is 4.66. The van der Waals surface area contributed by atoms with Crippen LogP contribution < -0.4 is 0 Å². The summed E-state index contributed by atoms with van der Waals surface area (Å²) in [7, 11) is 0. The second-order valence-corrected chi connectivity index (χ2v) is 5.80. The summed E-state index contributed by atoms with van der Waals surface area (Å²) in [5.41, 5.74) is 0. The molecular weight excluding hydrogens is 214 g/mol. The van der Waals surface area contributed by atoms with Crippen LogP contribution >= 0.6 is 0 Å². The molecule has 2 unspecified atom stereocenters. The van der Waals surface area contributed by atoms with Crippen LogP contribution in [0.15, 0.2) is 0 Å². The van der Waals surface area contributed by atoms with E-state index < -0.39 is 0 Å². The fraction of sp³-hybridized carbons (Fsp3) is 0.929. The van der Waals surface area contributed by atoms with Crippen LogP contribution in [-0.4, -0.2) is 36.6 Å². The minimum absolute atomic E-state index is 0.00533. The Hall–Kier alpha value is -0.570. The van der Waals surface area contributed by atoms with Crippen molar-refractivity contribution in [2.45, 2.75) is 47.1 Å². The first kappa shape index (κ1) is 14.5.